The third kappa shape index (κ3) is 2.73. The van der Waals surface area contributed by atoms with E-state index in [1.54, 1.807) is 12.1 Å². The standard InChI is InChI=1S/C12H9BrF2OS/c13-8-3-4-9(14)7(12(8)15)6-10(16)11-2-1-5-17-11/h1-5,10,16H,6H2. The van der Waals surface area contributed by atoms with Crippen LogP contribution in [0.15, 0.2) is 34.1 Å². The molecule has 17 heavy (non-hydrogen) atoms. The van der Waals surface area contributed by atoms with Gasteiger partial charge in [-0.3, -0.25) is 0 Å². The third-order valence-electron chi connectivity index (χ3n) is 2.41. The van der Waals surface area contributed by atoms with Crippen LogP contribution in [0.5, 0.6) is 0 Å². The predicted molar refractivity (Wildman–Crippen MR) is 67.0 cm³/mol. The zero-order chi connectivity index (χ0) is 12.4. The van der Waals surface area contributed by atoms with Crippen LogP contribution in [0.4, 0.5) is 8.78 Å². The average Bonchev–Trinajstić information content (AvgIpc) is 2.83. The molecule has 0 amide bonds. The van der Waals surface area contributed by atoms with Crippen molar-refractivity contribution in [1.82, 2.24) is 0 Å². The lowest BCUT2D eigenvalue weighted by atomic mass is 10.1. The van der Waals surface area contributed by atoms with E-state index >= 15 is 0 Å². The molecule has 90 valence electrons. The second kappa shape index (κ2) is 5.25. The first-order chi connectivity index (χ1) is 8.09. The zero-order valence-corrected chi connectivity index (χ0v) is 11.1. The highest BCUT2D eigenvalue weighted by atomic mass is 79.9. The summed E-state index contributed by atoms with van der Waals surface area (Å²) in [5, 5.41) is 11.7. The maximum Gasteiger partial charge on any atom is 0.143 e. The van der Waals surface area contributed by atoms with Crippen LogP contribution >= 0.6 is 27.3 Å². The highest BCUT2D eigenvalue weighted by Gasteiger charge is 2.17. The van der Waals surface area contributed by atoms with Crippen molar-refractivity contribution in [2.45, 2.75) is 12.5 Å². The molecule has 0 bridgehead atoms. The van der Waals surface area contributed by atoms with Crippen LogP contribution < -0.4 is 0 Å². The van der Waals surface area contributed by atoms with Gasteiger partial charge in [-0.1, -0.05) is 6.07 Å². The molecule has 1 unspecified atom stereocenters. The van der Waals surface area contributed by atoms with Gasteiger partial charge >= 0.3 is 0 Å². The Bertz CT molecular complexity index is 513. The lowest BCUT2D eigenvalue weighted by Gasteiger charge is -2.11. The molecule has 0 spiro atoms. The van der Waals surface area contributed by atoms with Crippen molar-refractivity contribution in [2.24, 2.45) is 0 Å². The lowest BCUT2D eigenvalue weighted by Crippen LogP contribution is -2.05. The summed E-state index contributed by atoms with van der Waals surface area (Å²) in [6.45, 7) is 0. The maximum atomic E-state index is 13.7. The van der Waals surface area contributed by atoms with Crippen molar-refractivity contribution in [2.75, 3.05) is 0 Å². The van der Waals surface area contributed by atoms with Gasteiger partial charge in [0.2, 0.25) is 0 Å². The van der Waals surface area contributed by atoms with Gasteiger partial charge in [-0.05, 0) is 39.5 Å². The van der Waals surface area contributed by atoms with E-state index < -0.39 is 17.7 Å². The summed E-state index contributed by atoms with van der Waals surface area (Å²) >= 11 is 4.36. The lowest BCUT2D eigenvalue weighted by molar-refractivity contribution is 0.179. The Balaban J connectivity index is 2.27. The van der Waals surface area contributed by atoms with Gasteiger partial charge in [0.05, 0.1) is 10.6 Å². The smallest absolute Gasteiger partial charge is 0.143 e. The molecular weight excluding hydrogens is 310 g/mol. The number of hydrogen-bond acceptors (Lipinski definition) is 2. The number of aliphatic hydroxyl groups is 1. The van der Waals surface area contributed by atoms with Gasteiger partial charge in [0.1, 0.15) is 11.6 Å². The third-order valence-corrected chi connectivity index (χ3v) is 3.99. The minimum atomic E-state index is -0.881. The van der Waals surface area contributed by atoms with Crippen molar-refractivity contribution in [3.05, 3.63) is 56.2 Å². The summed E-state index contributed by atoms with van der Waals surface area (Å²) < 4.78 is 27.3. The molecule has 1 aromatic heterocycles. The minimum absolute atomic E-state index is 0.0718. The summed E-state index contributed by atoms with van der Waals surface area (Å²) in [7, 11) is 0. The first-order valence-corrected chi connectivity index (χ1v) is 6.60. The number of halogens is 3. The number of thiophene rings is 1. The Morgan fingerprint density at radius 2 is 2.06 bits per heavy atom. The van der Waals surface area contributed by atoms with E-state index in [1.165, 1.54) is 23.5 Å². The molecule has 1 atom stereocenters. The molecule has 0 aliphatic heterocycles. The SMILES string of the molecule is OC(Cc1c(F)ccc(Br)c1F)c1cccs1. The molecule has 0 aliphatic rings. The average molecular weight is 319 g/mol. The quantitative estimate of drug-likeness (QED) is 0.846. The fourth-order valence-electron chi connectivity index (χ4n) is 1.53. The van der Waals surface area contributed by atoms with Crippen molar-refractivity contribution < 1.29 is 13.9 Å². The molecule has 5 heteroatoms. The van der Waals surface area contributed by atoms with E-state index in [0.29, 0.717) is 4.88 Å². The first kappa shape index (κ1) is 12.7. The summed E-state index contributed by atoms with van der Waals surface area (Å²) in [4.78, 5) is 0.698. The largest absolute Gasteiger partial charge is 0.387 e. The van der Waals surface area contributed by atoms with Crippen molar-refractivity contribution >= 4 is 27.3 Å². The van der Waals surface area contributed by atoms with Crippen LogP contribution in [0.3, 0.4) is 0 Å². The number of hydrogen-bond donors (Lipinski definition) is 1. The van der Waals surface area contributed by atoms with Crippen LogP contribution in [0.25, 0.3) is 0 Å². The van der Waals surface area contributed by atoms with E-state index in [4.69, 9.17) is 0 Å². The summed E-state index contributed by atoms with van der Waals surface area (Å²) in [5.74, 6) is -1.29. The van der Waals surface area contributed by atoms with E-state index in [1.807, 2.05) is 5.38 Å². The zero-order valence-electron chi connectivity index (χ0n) is 8.66. The number of benzene rings is 1. The fourth-order valence-corrected chi connectivity index (χ4v) is 2.61. The van der Waals surface area contributed by atoms with Gasteiger partial charge < -0.3 is 5.11 Å². The topological polar surface area (TPSA) is 20.2 Å². The molecule has 1 nitrogen and oxygen atoms in total. The Labute approximate surface area is 110 Å². The highest BCUT2D eigenvalue weighted by molar-refractivity contribution is 9.10. The summed E-state index contributed by atoms with van der Waals surface area (Å²) in [6, 6.07) is 6.02. The van der Waals surface area contributed by atoms with E-state index in [0.717, 1.165) is 0 Å². The van der Waals surface area contributed by atoms with Gasteiger partial charge in [0, 0.05) is 16.9 Å². The van der Waals surface area contributed by atoms with E-state index in [-0.39, 0.29) is 16.5 Å². The fraction of sp³-hybridized carbons (Fsp3) is 0.167. The van der Waals surface area contributed by atoms with Gasteiger partial charge in [0.25, 0.3) is 0 Å². The molecule has 0 saturated carbocycles. The molecule has 2 aromatic rings. The van der Waals surface area contributed by atoms with Gasteiger partial charge in [-0.2, -0.15) is 0 Å². The van der Waals surface area contributed by atoms with Crippen molar-refractivity contribution in [1.29, 1.82) is 0 Å². The van der Waals surface area contributed by atoms with Gasteiger partial charge in [-0.15, -0.1) is 11.3 Å². The Kier molecular flexibility index (Phi) is 3.91. The second-order valence-electron chi connectivity index (χ2n) is 3.56. The van der Waals surface area contributed by atoms with Crippen molar-refractivity contribution in [3.63, 3.8) is 0 Å². The number of aliphatic hydroxyl groups excluding tert-OH is 1. The Hall–Kier alpha value is -0.780. The molecule has 0 aliphatic carbocycles. The monoisotopic (exact) mass is 318 g/mol. The normalized spacial score (nSPS) is 12.7. The molecule has 0 radical (unpaired) electrons. The molecule has 1 heterocycles. The van der Waals surface area contributed by atoms with Crippen molar-refractivity contribution in [3.8, 4) is 0 Å². The van der Waals surface area contributed by atoms with E-state index in [2.05, 4.69) is 15.9 Å². The second-order valence-corrected chi connectivity index (χ2v) is 5.39. The molecule has 1 aromatic carbocycles. The van der Waals surface area contributed by atoms with Crippen LogP contribution in [0.1, 0.15) is 16.5 Å². The summed E-state index contributed by atoms with van der Waals surface area (Å²) in [5.41, 5.74) is -0.0970. The minimum Gasteiger partial charge on any atom is -0.387 e. The van der Waals surface area contributed by atoms with Crippen LogP contribution in [-0.4, -0.2) is 5.11 Å². The molecule has 1 N–H and O–H groups in total. The summed E-state index contributed by atoms with van der Waals surface area (Å²) in [6.07, 6.45) is -0.953. The number of rotatable bonds is 3. The molecule has 0 fully saturated rings. The molecular formula is C12H9BrF2OS. The maximum absolute atomic E-state index is 13.7. The van der Waals surface area contributed by atoms with Crippen LogP contribution in [-0.2, 0) is 6.42 Å². The van der Waals surface area contributed by atoms with Gasteiger partial charge in [-0.25, -0.2) is 8.78 Å². The van der Waals surface area contributed by atoms with Crippen LogP contribution in [0.2, 0.25) is 0 Å². The Morgan fingerprint density at radius 3 is 2.71 bits per heavy atom. The highest BCUT2D eigenvalue weighted by Crippen LogP contribution is 2.28. The van der Waals surface area contributed by atoms with Gasteiger partial charge in [0.15, 0.2) is 0 Å². The molecule has 0 saturated heterocycles. The predicted octanol–water partition coefficient (Wildman–Crippen LogP) is 4.06. The van der Waals surface area contributed by atoms with Crippen LogP contribution in [0, 0.1) is 11.6 Å². The Morgan fingerprint density at radius 1 is 1.29 bits per heavy atom. The first-order valence-electron chi connectivity index (χ1n) is 4.93. The molecule has 2 rings (SSSR count). The van der Waals surface area contributed by atoms with E-state index in [9.17, 15) is 13.9 Å².